The van der Waals surface area contributed by atoms with E-state index in [2.05, 4.69) is 117 Å². The summed E-state index contributed by atoms with van der Waals surface area (Å²) >= 11 is 0. The van der Waals surface area contributed by atoms with Gasteiger partial charge in [0.25, 0.3) is 0 Å². The van der Waals surface area contributed by atoms with Crippen LogP contribution >= 0.6 is 21.6 Å². The molecule has 0 aromatic rings. The predicted molar refractivity (Wildman–Crippen MR) is 229 cm³/mol. The van der Waals surface area contributed by atoms with Gasteiger partial charge in [0.15, 0.2) is 0 Å². The highest BCUT2D eigenvalue weighted by molar-refractivity contribution is 8.76. The van der Waals surface area contributed by atoms with Crippen LogP contribution in [0.25, 0.3) is 0 Å². The van der Waals surface area contributed by atoms with Gasteiger partial charge < -0.3 is 4.90 Å². The molecule has 0 aliphatic heterocycles. The summed E-state index contributed by atoms with van der Waals surface area (Å²) in [6.07, 6.45) is 55.4. The van der Waals surface area contributed by atoms with Crippen LogP contribution in [0.2, 0.25) is 0 Å². The van der Waals surface area contributed by atoms with E-state index >= 15 is 0 Å². The molecule has 2 unspecified atom stereocenters. The van der Waals surface area contributed by atoms with Crippen LogP contribution in [0.1, 0.15) is 201 Å². The van der Waals surface area contributed by atoms with Crippen LogP contribution in [0, 0.1) is 5.92 Å². The summed E-state index contributed by atoms with van der Waals surface area (Å²) in [5, 5.41) is 0.852. The minimum absolute atomic E-state index is 0.679. The Morgan fingerprint density at radius 1 is 0.479 bits per heavy atom. The van der Waals surface area contributed by atoms with Crippen molar-refractivity contribution in [2.75, 3.05) is 19.8 Å². The van der Waals surface area contributed by atoms with Crippen LogP contribution in [0.3, 0.4) is 0 Å². The second-order valence-electron chi connectivity index (χ2n) is 14.9. The first-order chi connectivity index (χ1) is 23.5. The molecule has 0 aromatic heterocycles. The topological polar surface area (TPSA) is 3.24 Å². The van der Waals surface area contributed by atoms with Gasteiger partial charge in [-0.25, -0.2) is 0 Å². The molecule has 48 heavy (non-hydrogen) atoms. The molecule has 0 radical (unpaired) electrons. The molecule has 2 atom stereocenters. The molecule has 0 amide bonds. The van der Waals surface area contributed by atoms with Crippen molar-refractivity contribution in [1.82, 2.24) is 4.90 Å². The van der Waals surface area contributed by atoms with E-state index in [9.17, 15) is 0 Å². The quantitative estimate of drug-likeness (QED) is 0.0360. The lowest BCUT2D eigenvalue weighted by atomic mass is 10.0. The molecule has 282 valence electrons. The summed E-state index contributed by atoms with van der Waals surface area (Å²) in [6, 6.07) is 0.679. The Bertz CT molecular complexity index is 691. The highest BCUT2D eigenvalue weighted by Gasteiger charge is 2.14. The van der Waals surface area contributed by atoms with Gasteiger partial charge in [-0.15, -0.1) is 0 Å². The molecule has 0 N–H and O–H groups in total. The van der Waals surface area contributed by atoms with E-state index in [1.54, 1.807) is 0 Å². The van der Waals surface area contributed by atoms with Crippen LogP contribution in [0.4, 0.5) is 0 Å². The molecule has 0 bridgehead atoms. The Hall–Kier alpha value is -0.380. The summed E-state index contributed by atoms with van der Waals surface area (Å²) in [7, 11) is 8.85. The van der Waals surface area contributed by atoms with Gasteiger partial charge in [-0.05, 0) is 110 Å². The average molecular weight is 704 g/mol. The van der Waals surface area contributed by atoms with Gasteiger partial charge >= 0.3 is 0 Å². The van der Waals surface area contributed by atoms with Gasteiger partial charge in [0.1, 0.15) is 0 Å². The van der Waals surface area contributed by atoms with Crippen molar-refractivity contribution >= 4 is 21.6 Å². The standard InChI is InChI=1S/C45H85NS2/c1-7-9-11-13-15-17-19-21-23-25-27-29-31-33-35-37-39-45(48-47-42-43(3)41-44(4)46(5)6)40-38-36-34-32-30-28-26-24-22-20-18-16-14-12-10-8-2/h15-18,21-24,43-45H,7-14,19-20,25-42H2,1-6H3/b17-15-,18-16-,23-21-,24-22-. The van der Waals surface area contributed by atoms with E-state index in [1.807, 2.05) is 0 Å². The van der Waals surface area contributed by atoms with Crippen molar-refractivity contribution in [2.24, 2.45) is 5.92 Å². The number of hydrogen-bond donors (Lipinski definition) is 0. The van der Waals surface area contributed by atoms with Crippen molar-refractivity contribution in [1.29, 1.82) is 0 Å². The van der Waals surface area contributed by atoms with Crippen molar-refractivity contribution in [3.8, 4) is 0 Å². The molecule has 0 aliphatic rings. The van der Waals surface area contributed by atoms with Crippen LogP contribution in [0.5, 0.6) is 0 Å². The molecule has 3 heteroatoms. The first-order valence-electron chi connectivity index (χ1n) is 21.1. The second kappa shape index (κ2) is 39.4. The Morgan fingerprint density at radius 3 is 1.25 bits per heavy atom. The lowest BCUT2D eigenvalue weighted by Crippen LogP contribution is -2.26. The van der Waals surface area contributed by atoms with E-state index < -0.39 is 0 Å². The zero-order chi connectivity index (χ0) is 35.2. The largest absolute Gasteiger partial charge is 0.307 e. The van der Waals surface area contributed by atoms with Gasteiger partial charge in [-0.1, -0.05) is 181 Å². The third-order valence-electron chi connectivity index (χ3n) is 9.64. The maximum atomic E-state index is 2.45. The van der Waals surface area contributed by atoms with Gasteiger partial charge in [0.05, 0.1) is 0 Å². The van der Waals surface area contributed by atoms with Crippen molar-refractivity contribution in [2.45, 2.75) is 212 Å². The third-order valence-corrected chi connectivity index (χ3v) is 12.9. The maximum absolute atomic E-state index is 2.45. The zero-order valence-electron chi connectivity index (χ0n) is 33.4. The number of rotatable bonds is 37. The summed E-state index contributed by atoms with van der Waals surface area (Å²) in [4.78, 5) is 2.37. The Kier molecular flexibility index (Phi) is 39.1. The Morgan fingerprint density at radius 2 is 0.854 bits per heavy atom. The highest BCUT2D eigenvalue weighted by atomic mass is 33.1. The van der Waals surface area contributed by atoms with E-state index in [-0.39, 0.29) is 0 Å². The first kappa shape index (κ1) is 47.6. The molecule has 0 aliphatic carbocycles. The normalized spacial score (nSPS) is 13.9. The van der Waals surface area contributed by atoms with Gasteiger partial charge in [-0.2, -0.15) is 0 Å². The van der Waals surface area contributed by atoms with Crippen LogP contribution in [-0.2, 0) is 0 Å². The smallest absolute Gasteiger partial charge is 0.0151 e. The van der Waals surface area contributed by atoms with Crippen molar-refractivity contribution in [3.05, 3.63) is 48.6 Å². The van der Waals surface area contributed by atoms with Gasteiger partial charge in [0.2, 0.25) is 0 Å². The maximum Gasteiger partial charge on any atom is 0.0151 e. The van der Waals surface area contributed by atoms with E-state index in [0.717, 1.165) is 24.0 Å². The van der Waals surface area contributed by atoms with Gasteiger partial charge in [-0.3, -0.25) is 0 Å². The number of nitrogens with zero attached hydrogens (tertiary/aromatic N) is 1. The molecule has 0 saturated carbocycles. The highest BCUT2D eigenvalue weighted by Crippen LogP contribution is 2.35. The third kappa shape index (κ3) is 36.9. The SMILES string of the molecule is CCCCC/C=C\C/C=C\CCCCCCCCC(CCCCCCCC/C=C\C/C=C\CCCCC)SSCC(C)CC(C)N(C)C. The summed E-state index contributed by atoms with van der Waals surface area (Å²) in [6.45, 7) is 9.37. The number of unbranched alkanes of at least 4 members (excludes halogenated alkanes) is 18. The lowest BCUT2D eigenvalue weighted by molar-refractivity contribution is 0.275. The van der Waals surface area contributed by atoms with Crippen molar-refractivity contribution < 1.29 is 0 Å². The minimum Gasteiger partial charge on any atom is -0.307 e. The molecule has 0 spiro atoms. The van der Waals surface area contributed by atoms with Crippen LogP contribution in [-0.4, -0.2) is 36.0 Å². The van der Waals surface area contributed by atoms with Gasteiger partial charge in [0, 0.05) is 17.0 Å². The molecule has 0 saturated heterocycles. The zero-order valence-corrected chi connectivity index (χ0v) is 35.0. The van der Waals surface area contributed by atoms with E-state index in [4.69, 9.17) is 0 Å². The fourth-order valence-electron chi connectivity index (χ4n) is 6.07. The second-order valence-corrected chi connectivity index (χ2v) is 17.6. The molecular formula is C45H85NS2. The molecule has 0 rings (SSSR count). The molecule has 0 heterocycles. The molecule has 0 fully saturated rings. The van der Waals surface area contributed by atoms with E-state index in [1.165, 1.54) is 166 Å². The molecule has 1 nitrogen and oxygen atoms in total. The Labute approximate surface area is 311 Å². The van der Waals surface area contributed by atoms with E-state index in [0.29, 0.717) is 6.04 Å². The van der Waals surface area contributed by atoms with Crippen LogP contribution < -0.4 is 0 Å². The summed E-state index contributed by atoms with van der Waals surface area (Å²) in [5.74, 6) is 2.09. The van der Waals surface area contributed by atoms with Crippen LogP contribution in [0.15, 0.2) is 48.6 Å². The molecular weight excluding hydrogens is 619 g/mol. The lowest BCUT2D eigenvalue weighted by Gasteiger charge is -2.23. The summed E-state index contributed by atoms with van der Waals surface area (Å²) in [5.41, 5.74) is 0. The monoisotopic (exact) mass is 704 g/mol. The Balaban J connectivity index is 4.10. The minimum atomic E-state index is 0.679. The fourth-order valence-corrected chi connectivity index (χ4v) is 9.33. The first-order valence-corrected chi connectivity index (χ1v) is 23.4. The molecule has 0 aromatic carbocycles. The average Bonchev–Trinajstić information content (AvgIpc) is 3.07. The number of hydrogen-bond acceptors (Lipinski definition) is 3. The van der Waals surface area contributed by atoms with Crippen molar-refractivity contribution in [3.63, 3.8) is 0 Å². The summed E-state index contributed by atoms with van der Waals surface area (Å²) < 4.78 is 0. The predicted octanol–water partition coefficient (Wildman–Crippen LogP) is 16.1. The fraction of sp³-hybridized carbons (Fsp3) is 0.822. The number of allylic oxidation sites excluding steroid dienone is 8.